The van der Waals surface area contributed by atoms with Crippen molar-refractivity contribution in [1.82, 2.24) is 0 Å². The molecule has 4 heteroatoms. The zero-order valence-electron chi connectivity index (χ0n) is 11.4. The van der Waals surface area contributed by atoms with Crippen LogP contribution in [0.4, 0.5) is 0 Å². The Morgan fingerprint density at radius 1 is 0.889 bits per heavy atom. The summed E-state index contributed by atoms with van der Waals surface area (Å²) in [7, 11) is 0. The van der Waals surface area contributed by atoms with Crippen molar-refractivity contribution in [3.8, 4) is 0 Å². The van der Waals surface area contributed by atoms with Gasteiger partial charge < -0.3 is 9.47 Å². The van der Waals surface area contributed by atoms with E-state index in [1.165, 1.54) is 0 Å². The molecule has 0 saturated heterocycles. The molecule has 0 aliphatic rings. The van der Waals surface area contributed by atoms with Crippen LogP contribution in [0.15, 0.2) is 25.3 Å². The van der Waals surface area contributed by atoms with Gasteiger partial charge in [-0.1, -0.05) is 26.7 Å². The summed E-state index contributed by atoms with van der Waals surface area (Å²) in [6.07, 6.45) is 5.81. The highest BCUT2D eigenvalue weighted by atomic mass is 16.5. The van der Waals surface area contributed by atoms with E-state index in [1.54, 1.807) is 0 Å². The molecule has 0 radical (unpaired) electrons. The second kappa shape index (κ2) is 15.4. The molecule has 0 N–H and O–H groups in total. The molecule has 0 aromatic carbocycles. The number of hydrogen-bond donors (Lipinski definition) is 0. The minimum absolute atomic E-state index is 0.393. The first-order valence-electron chi connectivity index (χ1n) is 6.22. The van der Waals surface area contributed by atoms with Crippen LogP contribution in [0.25, 0.3) is 0 Å². The smallest absolute Gasteiger partial charge is 0.331 e. The van der Waals surface area contributed by atoms with Crippen LogP contribution in [0.5, 0.6) is 0 Å². The maximum Gasteiger partial charge on any atom is 0.331 e. The molecule has 4 nitrogen and oxygen atoms in total. The van der Waals surface area contributed by atoms with Gasteiger partial charge >= 0.3 is 11.9 Å². The average molecular weight is 256 g/mol. The molecule has 0 spiro atoms. The third kappa shape index (κ3) is 14.4. The molecule has 0 fully saturated rings. The molecule has 0 aliphatic heterocycles. The maximum absolute atomic E-state index is 11.0. The summed E-state index contributed by atoms with van der Waals surface area (Å²) in [4.78, 5) is 22.1. The van der Waals surface area contributed by atoms with Gasteiger partial charge in [-0.2, -0.15) is 0 Å². The first-order chi connectivity index (χ1) is 8.70. The molecule has 18 heavy (non-hydrogen) atoms. The molecule has 104 valence electrons. The van der Waals surface area contributed by atoms with Crippen molar-refractivity contribution in [3.05, 3.63) is 25.3 Å². The van der Waals surface area contributed by atoms with Gasteiger partial charge in [0, 0.05) is 12.2 Å². The molecule has 0 saturated carbocycles. The molecule has 0 atom stereocenters. The summed E-state index contributed by atoms with van der Waals surface area (Å²) in [5.41, 5.74) is 0. The normalized spacial score (nSPS) is 9.44. The van der Waals surface area contributed by atoms with E-state index in [9.17, 15) is 9.59 Å². The Morgan fingerprint density at radius 3 is 1.50 bits per heavy atom. The Hall–Kier alpha value is -1.58. The van der Waals surface area contributed by atoms with E-state index in [4.69, 9.17) is 9.47 Å². The second-order valence-corrected chi connectivity index (χ2v) is 3.38. The van der Waals surface area contributed by atoms with E-state index in [0.717, 1.165) is 37.8 Å². The van der Waals surface area contributed by atoms with Crippen LogP contribution >= 0.6 is 0 Å². The van der Waals surface area contributed by atoms with Crippen molar-refractivity contribution in [3.63, 3.8) is 0 Å². The van der Waals surface area contributed by atoms with Crippen molar-refractivity contribution in [2.75, 3.05) is 13.2 Å². The Labute approximate surface area is 110 Å². The predicted octanol–water partition coefficient (Wildman–Crippen LogP) is 3.03. The standard InChI is InChI=1S/C12H20O4.C2H4/c1-3-5-9-15-11(13)7-8-12(14)16-10-6-4-2;1-2/h7-8H,3-6,9-10H2,1-2H3;1-2H2. The minimum Gasteiger partial charge on any atom is -0.463 e. The Balaban J connectivity index is 0. The van der Waals surface area contributed by atoms with Gasteiger partial charge in [0.15, 0.2) is 0 Å². The molecule has 0 bridgehead atoms. The van der Waals surface area contributed by atoms with E-state index in [-0.39, 0.29) is 0 Å². The van der Waals surface area contributed by atoms with Gasteiger partial charge in [0.25, 0.3) is 0 Å². The quantitative estimate of drug-likeness (QED) is 0.290. The van der Waals surface area contributed by atoms with Crippen LogP contribution in [-0.4, -0.2) is 25.2 Å². The van der Waals surface area contributed by atoms with Gasteiger partial charge in [-0.05, 0) is 12.8 Å². The van der Waals surface area contributed by atoms with Gasteiger partial charge in [0.2, 0.25) is 0 Å². The van der Waals surface area contributed by atoms with Crippen LogP contribution in [0.1, 0.15) is 39.5 Å². The highest BCUT2D eigenvalue weighted by Gasteiger charge is 2.00. The van der Waals surface area contributed by atoms with Crippen LogP contribution in [0, 0.1) is 0 Å². The molecule has 0 rings (SSSR count). The van der Waals surface area contributed by atoms with Crippen molar-refractivity contribution in [2.24, 2.45) is 0 Å². The van der Waals surface area contributed by atoms with Gasteiger partial charge in [-0.25, -0.2) is 9.59 Å². The van der Waals surface area contributed by atoms with E-state index < -0.39 is 11.9 Å². The van der Waals surface area contributed by atoms with Crippen LogP contribution in [-0.2, 0) is 19.1 Å². The second-order valence-electron chi connectivity index (χ2n) is 3.38. The number of unbranched alkanes of at least 4 members (excludes halogenated alkanes) is 2. The summed E-state index contributed by atoms with van der Waals surface area (Å²) in [5.74, 6) is -0.998. The van der Waals surface area contributed by atoms with Crippen LogP contribution < -0.4 is 0 Å². The summed E-state index contributed by atoms with van der Waals surface area (Å²) < 4.78 is 9.65. The molecular weight excluding hydrogens is 232 g/mol. The van der Waals surface area contributed by atoms with Gasteiger partial charge in [0.1, 0.15) is 0 Å². The fourth-order valence-electron chi connectivity index (χ4n) is 0.867. The molecule has 0 unspecified atom stereocenters. The fourth-order valence-corrected chi connectivity index (χ4v) is 0.867. The zero-order valence-corrected chi connectivity index (χ0v) is 11.4. The highest BCUT2D eigenvalue weighted by Crippen LogP contribution is 1.92. The number of carbonyl (C=O) groups excluding carboxylic acids is 2. The SMILES string of the molecule is C=C.CCCCOC(=O)C=CC(=O)OCCCC. The van der Waals surface area contributed by atoms with Crippen LogP contribution in [0.2, 0.25) is 0 Å². The van der Waals surface area contributed by atoms with Gasteiger partial charge in [-0.3, -0.25) is 0 Å². The average Bonchev–Trinajstić information content (AvgIpc) is 2.39. The zero-order chi connectivity index (χ0) is 14.2. The largest absolute Gasteiger partial charge is 0.463 e. The lowest BCUT2D eigenvalue weighted by atomic mass is 10.4. The third-order valence-electron chi connectivity index (χ3n) is 1.84. The Kier molecular flexibility index (Phi) is 16.1. The lowest BCUT2D eigenvalue weighted by molar-refractivity contribution is -0.140. The van der Waals surface area contributed by atoms with E-state index in [1.807, 2.05) is 13.8 Å². The van der Waals surface area contributed by atoms with E-state index in [0.29, 0.717) is 13.2 Å². The predicted molar refractivity (Wildman–Crippen MR) is 72.1 cm³/mol. The van der Waals surface area contributed by atoms with Crippen molar-refractivity contribution in [1.29, 1.82) is 0 Å². The molecule has 0 aromatic rings. The van der Waals surface area contributed by atoms with Gasteiger partial charge in [-0.15, -0.1) is 13.2 Å². The van der Waals surface area contributed by atoms with Gasteiger partial charge in [0.05, 0.1) is 13.2 Å². The van der Waals surface area contributed by atoms with E-state index in [2.05, 4.69) is 13.2 Å². The monoisotopic (exact) mass is 256 g/mol. The maximum atomic E-state index is 11.0. The molecule has 0 aliphatic carbocycles. The van der Waals surface area contributed by atoms with Crippen molar-refractivity contribution >= 4 is 11.9 Å². The number of rotatable bonds is 8. The molecule has 0 aromatic heterocycles. The number of esters is 2. The molecule has 0 heterocycles. The first kappa shape index (κ1) is 18.8. The van der Waals surface area contributed by atoms with Crippen molar-refractivity contribution < 1.29 is 19.1 Å². The summed E-state index contributed by atoms with van der Waals surface area (Å²) in [6.45, 7) is 10.8. The lowest BCUT2D eigenvalue weighted by Crippen LogP contribution is -2.05. The number of carbonyl (C=O) groups is 2. The lowest BCUT2D eigenvalue weighted by Gasteiger charge is -2.00. The number of ether oxygens (including phenoxy) is 2. The summed E-state index contributed by atoms with van der Waals surface area (Å²) in [5, 5.41) is 0. The minimum atomic E-state index is -0.499. The third-order valence-corrected chi connectivity index (χ3v) is 1.84. The highest BCUT2D eigenvalue weighted by molar-refractivity contribution is 5.91. The van der Waals surface area contributed by atoms with Crippen LogP contribution in [0.3, 0.4) is 0 Å². The van der Waals surface area contributed by atoms with Crippen molar-refractivity contribution in [2.45, 2.75) is 39.5 Å². The molecule has 0 amide bonds. The number of hydrogen-bond acceptors (Lipinski definition) is 4. The molecular formula is C14H24O4. The first-order valence-corrected chi connectivity index (χ1v) is 6.22. The van der Waals surface area contributed by atoms with E-state index >= 15 is 0 Å². The topological polar surface area (TPSA) is 52.6 Å². The fraction of sp³-hybridized carbons (Fsp3) is 0.571. The Morgan fingerprint density at radius 2 is 1.22 bits per heavy atom. The Bertz CT molecular complexity index is 222. The summed E-state index contributed by atoms with van der Waals surface area (Å²) >= 11 is 0. The summed E-state index contributed by atoms with van der Waals surface area (Å²) in [6, 6.07) is 0.